The van der Waals surface area contributed by atoms with Crippen LogP contribution in [0, 0.1) is 0 Å². The molecule has 0 unspecified atom stereocenters. The number of para-hydroxylation sites is 2. The molecule has 0 saturated heterocycles. The Balaban J connectivity index is 1.22. The third-order valence-corrected chi connectivity index (χ3v) is 17.4. The third kappa shape index (κ3) is 5.29. The van der Waals surface area contributed by atoms with Gasteiger partial charge in [-0.2, -0.15) is 0 Å². The molecule has 3 aliphatic heterocycles. The van der Waals surface area contributed by atoms with Gasteiger partial charge in [0.1, 0.15) is 0 Å². The molecule has 4 heterocycles. The summed E-state index contributed by atoms with van der Waals surface area (Å²) in [4.78, 5) is 5.47. The Hall–Kier alpha value is -6.10. The number of rotatable bonds is 2. The van der Waals surface area contributed by atoms with E-state index >= 15 is 0 Å². The van der Waals surface area contributed by atoms with E-state index in [4.69, 9.17) is 0 Å². The molecule has 0 spiro atoms. The van der Waals surface area contributed by atoms with Gasteiger partial charge in [0.05, 0.1) is 16.1 Å². The van der Waals surface area contributed by atoms with Crippen molar-refractivity contribution in [1.29, 1.82) is 0 Å². The molecule has 0 fully saturated rings. The van der Waals surface area contributed by atoms with Gasteiger partial charge in [0.2, 0.25) is 0 Å². The zero-order chi connectivity index (χ0) is 44.5. The van der Waals surface area contributed by atoms with Crippen molar-refractivity contribution in [3.8, 4) is 22.3 Å². The van der Waals surface area contributed by atoms with Crippen molar-refractivity contribution in [2.45, 2.75) is 96.8 Å². The molecule has 0 N–H and O–H groups in total. The van der Waals surface area contributed by atoms with Gasteiger partial charge in [-0.15, -0.1) is 11.3 Å². The second kappa shape index (κ2) is 13.0. The number of anilines is 5. The quantitative estimate of drug-likeness (QED) is 0.160. The van der Waals surface area contributed by atoms with Crippen molar-refractivity contribution in [2.24, 2.45) is 0 Å². The van der Waals surface area contributed by atoms with Crippen LogP contribution in [0.5, 0.6) is 0 Å². The second-order valence-electron chi connectivity index (χ2n) is 22.3. The van der Waals surface area contributed by atoms with E-state index in [9.17, 15) is 0 Å². The van der Waals surface area contributed by atoms with Crippen LogP contribution in [-0.4, -0.2) is 6.85 Å². The molecule has 0 atom stereocenters. The van der Waals surface area contributed by atoms with Gasteiger partial charge in [-0.3, -0.25) is 0 Å². The minimum Gasteiger partial charge on any atom is -0.376 e. The molecule has 0 bridgehead atoms. The van der Waals surface area contributed by atoms with Gasteiger partial charge in [-0.05, 0) is 126 Å². The van der Waals surface area contributed by atoms with Crippen LogP contribution in [0.15, 0.2) is 146 Å². The fraction of sp³-hybridized carbons (Fsp3) is 0.246. The summed E-state index contributed by atoms with van der Waals surface area (Å²) in [5.41, 5.74) is 21.5. The average molecular weight is 859 g/mol. The zero-order valence-corrected chi connectivity index (χ0v) is 40.0. The lowest BCUT2D eigenvalue weighted by molar-refractivity contribution is 0.332. The first kappa shape index (κ1) is 39.3. The summed E-state index contributed by atoms with van der Waals surface area (Å²) in [5, 5.41) is 5.32. The second-order valence-corrected chi connectivity index (χ2v) is 23.4. The van der Waals surface area contributed by atoms with E-state index < -0.39 is 0 Å². The number of nitrogens with zero attached hydrogens (tertiary/aromatic N) is 2. The van der Waals surface area contributed by atoms with Crippen molar-refractivity contribution < 1.29 is 0 Å². The van der Waals surface area contributed by atoms with Crippen molar-refractivity contribution >= 4 is 88.5 Å². The lowest BCUT2D eigenvalue weighted by Crippen LogP contribution is -2.63. The van der Waals surface area contributed by atoms with E-state index in [1.807, 2.05) is 11.3 Å². The molecular weight excluding hydrogens is 804 g/mol. The van der Waals surface area contributed by atoms with Crippen LogP contribution in [0.3, 0.4) is 0 Å². The summed E-state index contributed by atoms with van der Waals surface area (Å²) in [6.07, 6.45) is 2.40. The maximum atomic E-state index is 2.76. The largest absolute Gasteiger partial charge is 0.376 e. The summed E-state index contributed by atoms with van der Waals surface area (Å²) < 4.78 is 2.75. The first-order valence-electron chi connectivity index (χ1n) is 23.8. The lowest BCUT2D eigenvalue weighted by Gasteiger charge is -2.51. The molecule has 0 amide bonds. The van der Waals surface area contributed by atoms with E-state index in [1.165, 1.54) is 133 Å². The number of hydrogen-bond acceptors (Lipinski definition) is 3. The lowest BCUT2D eigenvalue weighted by atomic mass is 9.42. The summed E-state index contributed by atoms with van der Waals surface area (Å²) >= 11 is 2.01. The first-order chi connectivity index (χ1) is 31.1. The maximum absolute atomic E-state index is 2.76. The number of fused-ring (bicyclic) bond motifs is 13. The van der Waals surface area contributed by atoms with Crippen LogP contribution in [0.4, 0.5) is 28.4 Å². The molecule has 8 aromatic carbocycles. The number of hydrogen-bond donors (Lipinski definition) is 0. The van der Waals surface area contributed by atoms with Crippen LogP contribution in [0.25, 0.3) is 53.2 Å². The summed E-state index contributed by atoms with van der Waals surface area (Å²) in [6, 6.07) is 56.7. The van der Waals surface area contributed by atoms with Crippen LogP contribution in [0.1, 0.15) is 103 Å². The highest BCUT2D eigenvalue weighted by molar-refractivity contribution is 7.26. The fourth-order valence-corrected chi connectivity index (χ4v) is 13.8. The molecule has 65 heavy (non-hydrogen) atoms. The summed E-state index contributed by atoms with van der Waals surface area (Å²) in [6.45, 7) is 21.6. The minimum absolute atomic E-state index is 0.0225. The van der Waals surface area contributed by atoms with Crippen LogP contribution < -0.4 is 20.6 Å². The van der Waals surface area contributed by atoms with Gasteiger partial charge in [-0.1, -0.05) is 172 Å². The molecule has 1 aliphatic carbocycles. The number of benzene rings is 8. The molecule has 13 rings (SSSR count). The predicted octanol–water partition coefficient (Wildman–Crippen LogP) is 15.9. The highest BCUT2D eigenvalue weighted by atomic mass is 32.1. The molecular formula is C61H55BN2S. The number of thiophene rings is 1. The maximum Gasteiger partial charge on any atom is 0.333 e. The first-order valence-corrected chi connectivity index (χ1v) is 24.6. The Labute approximate surface area is 388 Å². The van der Waals surface area contributed by atoms with E-state index in [0.717, 1.165) is 0 Å². The fourth-order valence-electron chi connectivity index (χ4n) is 12.5. The van der Waals surface area contributed by atoms with Crippen LogP contribution in [0.2, 0.25) is 0 Å². The smallest absolute Gasteiger partial charge is 0.333 e. The monoisotopic (exact) mass is 858 g/mol. The molecule has 4 heteroatoms. The SMILES string of the molecule is CC(C)(C)c1ccc(N2c3cc4ccccc4c4c3B(c3ccc5c(sc6cc7c(cc65)C(C)(C)CCC7(C)C)c32)N2c3ccccc3C(C)(C)c3cccc-4c32)c(-c2ccccc2)c1. The molecule has 2 nitrogen and oxygen atoms in total. The Bertz CT molecular complexity index is 3530. The standard InChI is InChI=1S/C61H55BN2S/c1-58(2,3)38-26-29-49(42(33-38)36-18-11-10-12-19-36)63-51-32-37-20-13-14-21-39(37)53-41-22-17-24-45-55(41)64(50-25-16-15-23-44(50)61(45,8)9)62(54(51)53)48-28-27-40-43-34-46-47(35-52(43)65-57(40)56(48)63)60(6,7)31-30-59(46,4)5/h10-29,32-35H,30-31H2,1-9H3. The topological polar surface area (TPSA) is 6.48 Å². The van der Waals surface area contributed by atoms with Crippen molar-refractivity contribution in [1.82, 2.24) is 0 Å². The Morgan fingerprint density at radius 3 is 2.03 bits per heavy atom. The van der Waals surface area contributed by atoms with Crippen molar-refractivity contribution in [3.63, 3.8) is 0 Å². The zero-order valence-electron chi connectivity index (χ0n) is 39.2. The molecule has 1 aromatic heterocycles. The third-order valence-electron chi connectivity index (χ3n) is 16.2. The van der Waals surface area contributed by atoms with Crippen molar-refractivity contribution in [2.75, 3.05) is 9.71 Å². The van der Waals surface area contributed by atoms with Gasteiger partial charge in [0, 0.05) is 49.1 Å². The van der Waals surface area contributed by atoms with Crippen LogP contribution >= 0.6 is 11.3 Å². The Morgan fingerprint density at radius 1 is 0.538 bits per heavy atom. The highest BCUT2D eigenvalue weighted by Gasteiger charge is 2.51. The summed E-state index contributed by atoms with van der Waals surface area (Å²) in [7, 11) is 0. The van der Waals surface area contributed by atoms with E-state index in [-0.39, 0.29) is 28.5 Å². The molecule has 9 aromatic rings. The van der Waals surface area contributed by atoms with E-state index in [2.05, 4.69) is 218 Å². The average Bonchev–Trinajstić information content (AvgIpc) is 3.67. The predicted molar refractivity (Wildman–Crippen MR) is 282 cm³/mol. The van der Waals surface area contributed by atoms with Gasteiger partial charge < -0.3 is 9.71 Å². The van der Waals surface area contributed by atoms with Gasteiger partial charge in [-0.25, -0.2) is 0 Å². The van der Waals surface area contributed by atoms with Gasteiger partial charge in [0.15, 0.2) is 0 Å². The van der Waals surface area contributed by atoms with Crippen LogP contribution in [-0.2, 0) is 21.7 Å². The van der Waals surface area contributed by atoms with E-state index in [0.29, 0.717) is 0 Å². The molecule has 4 aliphatic rings. The van der Waals surface area contributed by atoms with Gasteiger partial charge >= 0.3 is 6.85 Å². The highest BCUT2D eigenvalue weighted by Crippen LogP contribution is 2.59. The minimum atomic E-state index is -0.178. The van der Waals surface area contributed by atoms with Crippen molar-refractivity contribution in [3.05, 3.63) is 173 Å². The van der Waals surface area contributed by atoms with E-state index in [1.54, 1.807) is 0 Å². The summed E-state index contributed by atoms with van der Waals surface area (Å²) in [5.74, 6) is 0. The molecule has 0 saturated carbocycles. The molecule has 318 valence electrons. The Morgan fingerprint density at radius 2 is 1.25 bits per heavy atom. The van der Waals surface area contributed by atoms with Gasteiger partial charge in [0.25, 0.3) is 0 Å². The molecule has 0 radical (unpaired) electrons. The normalized spacial score (nSPS) is 17.2. The Kier molecular flexibility index (Phi) is 7.88.